The second-order valence-electron chi connectivity index (χ2n) is 7.46. The van der Waals surface area contributed by atoms with E-state index in [2.05, 4.69) is 15.6 Å². The molecule has 0 atom stereocenters. The number of carbonyl (C=O) groups is 2. The Morgan fingerprint density at radius 1 is 1.07 bits per heavy atom. The van der Waals surface area contributed by atoms with Gasteiger partial charge in [0.1, 0.15) is 11.4 Å². The molecule has 0 aliphatic carbocycles. The van der Waals surface area contributed by atoms with E-state index >= 15 is 0 Å². The van der Waals surface area contributed by atoms with Crippen molar-refractivity contribution in [2.24, 2.45) is 0 Å². The Morgan fingerprint density at radius 3 is 2.43 bits per heavy atom. The lowest BCUT2D eigenvalue weighted by Gasteiger charge is -2.19. The van der Waals surface area contributed by atoms with Gasteiger partial charge in [-0.25, -0.2) is 9.78 Å². The molecule has 0 fully saturated rings. The van der Waals surface area contributed by atoms with E-state index in [1.807, 2.05) is 32.0 Å². The van der Waals surface area contributed by atoms with Gasteiger partial charge in [0.25, 0.3) is 0 Å². The molecule has 7 nitrogen and oxygen atoms in total. The average molecular weight is 385 g/mol. The summed E-state index contributed by atoms with van der Waals surface area (Å²) in [6, 6.07) is 9.22. The largest absolute Gasteiger partial charge is 0.444 e. The standard InChI is InChI=1S/C21H27N3O4/c1-14-6-8-17(12-15(14)2)27-19-9-7-16(13-23-19)24-18(25)10-11-22-20(26)28-21(3,4)5/h6-9,12-13H,10-11H2,1-5H3,(H,22,26)(H,24,25). The Kier molecular flexibility index (Phi) is 6.98. The number of alkyl carbamates (subject to hydrolysis) is 1. The molecule has 0 spiro atoms. The highest BCUT2D eigenvalue weighted by atomic mass is 16.6. The van der Waals surface area contributed by atoms with Gasteiger partial charge >= 0.3 is 6.09 Å². The molecule has 0 aliphatic rings. The van der Waals surface area contributed by atoms with Crippen LogP contribution in [0.5, 0.6) is 11.6 Å². The lowest BCUT2D eigenvalue weighted by atomic mass is 10.1. The van der Waals surface area contributed by atoms with Crippen LogP contribution in [0.15, 0.2) is 36.5 Å². The Bertz CT molecular complexity index is 827. The smallest absolute Gasteiger partial charge is 0.407 e. The van der Waals surface area contributed by atoms with Crippen molar-refractivity contribution in [2.45, 2.75) is 46.6 Å². The summed E-state index contributed by atoms with van der Waals surface area (Å²) in [6.07, 6.45) is 1.10. The number of amides is 2. The number of anilines is 1. The number of rotatable bonds is 6. The molecule has 1 aromatic heterocycles. The predicted molar refractivity (Wildman–Crippen MR) is 108 cm³/mol. The van der Waals surface area contributed by atoms with Gasteiger partial charge in [-0.1, -0.05) is 6.07 Å². The van der Waals surface area contributed by atoms with Crippen LogP contribution in [-0.4, -0.2) is 29.1 Å². The summed E-state index contributed by atoms with van der Waals surface area (Å²) in [5.41, 5.74) is 2.31. The van der Waals surface area contributed by atoms with Crippen LogP contribution in [0.2, 0.25) is 0 Å². The van der Waals surface area contributed by atoms with Gasteiger partial charge in [0.05, 0.1) is 11.9 Å². The maximum absolute atomic E-state index is 12.0. The Morgan fingerprint density at radius 2 is 1.82 bits per heavy atom. The maximum Gasteiger partial charge on any atom is 0.407 e. The molecule has 28 heavy (non-hydrogen) atoms. The van der Waals surface area contributed by atoms with Gasteiger partial charge in [-0.3, -0.25) is 4.79 Å². The van der Waals surface area contributed by atoms with Crippen LogP contribution >= 0.6 is 0 Å². The molecule has 0 saturated carbocycles. The number of aryl methyl sites for hydroxylation is 2. The molecule has 0 aliphatic heterocycles. The van der Waals surface area contributed by atoms with Crippen LogP contribution in [0, 0.1) is 13.8 Å². The van der Waals surface area contributed by atoms with Gasteiger partial charge in [-0.15, -0.1) is 0 Å². The summed E-state index contributed by atoms with van der Waals surface area (Å²) in [4.78, 5) is 27.7. The summed E-state index contributed by atoms with van der Waals surface area (Å²) in [5.74, 6) is 0.911. The third kappa shape index (κ3) is 7.26. The first-order valence-electron chi connectivity index (χ1n) is 9.10. The lowest BCUT2D eigenvalue weighted by Crippen LogP contribution is -2.34. The fourth-order valence-corrected chi connectivity index (χ4v) is 2.23. The minimum atomic E-state index is -0.570. The van der Waals surface area contributed by atoms with E-state index in [0.717, 1.165) is 5.56 Å². The second-order valence-corrected chi connectivity index (χ2v) is 7.46. The van der Waals surface area contributed by atoms with Gasteiger partial charge < -0.3 is 20.1 Å². The van der Waals surface area contributed by atoms with Gasteiger partial charge in [0.15, 0.2) is 0 Å². The molecule has 0 saturated heterocycles. The van der Waals surface area contributed by atoms with Gasteiger partial charge in [-0.05, 0) is 63.9 Å². The molecule has 1 heterocycles. The molecule has 2 N–H and O–H groups in total. The number of nitrogens with zero attached hydrogens (tertiary/aromatic N) is 1. The first kappa shape index (κ1) is 21.2. The second kappa shape index (κ2) is 9.21. The molecule has 0 radical (unpaired) electrons. The summed E-state index contributed by atoms with van der Waals surface area (Å²) in [7, 11) is 0. The van der Waals surface area contributed by atoms with Crippen molar-refractivity contribution in [3.63, 3.8) is 0 Å². The van der Waals surface area contributed by atoms with Crippen molar-refractivity contribution < 1.29 is 19.1 Å². The van der Waals surface area contributed by atoms with Gasteiger partial charge in [0, 0.05) is 19.0 Å². The fraction of sp³-hybridized carbons (Fsp3) is 0.381. The number of pyridine rings is 1. The number of carbonyl (C=O) groups excluding carboxylic acids is 2. The van der Waals surface area contributed by atoms with E-state index in [4.69, 9.17) is 9.47 Å². The summed E-state index contributed by atoms with van der Waals surface area (Å²) >= 11 is 0. The van der Waals surface area contributed by atoms with Crippen LogP contribution in [-0.2, 0) is 9.53 Å². The van der Waals surface area contributed by atoms with E-state index < -0.39 is 11.7 Å². The number of ether oxygens (including phenoxy) is 2. The first-order valence-corrected chi connectivity index (χ1v) is 9.10. The predicted octanol–water partition coefficient (Wildman–Crippen LogP) is 4.34. The maximum atomic E-state index is 12.0. The molecule has 2 amide bonds. The molecule has 0 bridgehead atoms. The molecule has 7 heteroatoms. The zero-order valence-corrected chi connectivity index (χ0v) is 17.0. The topological polar surface area (TPSA) is 89.6 Å². The van der Waals surface area contributed by atoms with Gasteiger partial charge in [0.2, 0.25) is 11.8 Å². The van der Waals surface area contributed by atoms with Crippen molar-refractivity contribution in [1.82, 2.24) is 10.3 Å². The van der Waals surface area contributed by atoms with Crippen molar-refractivity contribution in [3.8, 4) is 11.6 Å². The van der Waals surface area contributed by atoms with Crippen molar-refractivity contribution >= 4 is 17.7 Å². The van der Waals surface area contributed by atoms with Crippen LogP contribution in [0.4, 0.5) is 10.5 Å². The monoisotopic (exact) mass is 385 g/mol. The van der Waals surface area contributed by atoms with Crippen molar-refractivity contribution in [3.05, 3.63) is 47.7 Å². The quantitative estimate of drug-likeness (QED) is 0.772. The fourth-order valence-electron chi connectivity index (χ4n) is 2.23. The molecular formula is C21H27N3O4. The number of aromatic nitrogens is 1. The lowest BCUT2D eigenvalue weighted by molar-refractivity contribution is -0.116. The Balaban J connectivity index is 1.79. The average Bonchev–Trinajstić information content (AvgIpc) is 2.58. The van der Waals surface area contributed by atoms with Gasteiger partial charge in [-0.2, -0.15) is 0 Å². The number of nitrogens with one attached hydrogen (secondary N) is 2. The van der Waals surface area contributed by atoms with E-state index in [0.29, 0.717) is 17.3 Å². The Hall–Kier alpha value is -3.09. The van der Waals surface area contributed by atoms with Crippen molar-refractivity contribution in [2.75, 3.05) is 11.9 Å². The normalized spacial score (nSPS) is 10.9. The summed E-state index contributed by atoms with van der Waals surface area (Å²) < 4.78 is 10.8. The highest BCUT2D eigenvalue weighted by Crippen LogP contribution is 2.23. The number of benzene rings is 1. The van der Waals surface area contributed by atoms with E-state index in [9.17, 15) is 9.59 Å². The van der Waals surface area contributed by atoms with Crippen LogP contribution < -0.4 is 15.4 Å². The molecule has 2 rings (SSSR count). The summed E-state index contributed by atoms with van der Waals surface area (Å²) in [6.45, 7) is 9.57. The molecule has 0 unspecified atom stereocenters. The molecule has 150 valence electrons. The molecule has 1 aromatic carbocycles. The summed E-state index contributed by atoms with van der Waals surface area (Å²) in [5, 5.41) is 5.27. The third-order valence-electron chi connectivity index (χ3n) is 3.74. The first-order chi connectivity index (χ1) is 13.1. The van der Waals surface area contributed by atoms with E-state index in [1.54, 1.807) is 32.9 Å². The van der Waals surface area contributed by atoms with E-state index in [1.165, 1.54) is 11.8 Å². The zero-order chi connectivity index (χ0) is 20.7. The van der Waals surface area contributed by atoms with Crippen molar-refractivity contribution in [1.29, 1.82) is 0 Å². The third-order valence-corrected chi connectivity index (χ3v) is 3.74. The highest BCUT2D eigenvalue weighted by Gasteiger charge is 2.15. The number of hydrogen-bond donors (Lipinski definition) is 2. The van der Waals surface area contributed by atoms with Crippen LogP contribution in [0.1, 0.15) is 38.3 Å². The molecule has 2 aromatic rings. The number of hydrogen-bond acceptors (Lipinski definition) is 5. The SMILES string of the molecule is Cc1ccc(Oc2ccc(NC(=O)CCNC(=O)OC(C)(C)C)cn2)cc1C. The highest BCUT2D eigenvalue weighted by molar-refractivity contribution is 5.90. The Labute approximate surface area is 165 Å². The minimum absolute atomic E-state index is 0.125. The minimum Gasteiger partial charge on any atom is -0.444 e. The van der Waals surface area contributed by atoms with Crippen LogP contribution in [0.3, 0.4) is 0 Å². The van der Waals surface area contributed by atoms with E-state index in [-0.39, 0.29) is 18.9 Å². The zero-order valence-electron chi connectivity index (χ0n) is 17.0. The van der Waals surface area contributed by atoms with Crippen LogP contribution in [0.25, 0.3) is 0 Å². The molecular weight excluding hydrogens is 358 g/mol.